The predicted octanol–water partition coefficient (Wildman–Crippen LogP) is 3.95. The van der Waals surface area contributed by atoms with Crippen molar-refractivity contribution < 1.29 is 27.1 Å². The van der Waals surface area contributed by atoms with Crippen molar-refractivity contribution in [1.29, 1.82) is 0 Å². The molecule has 4 heterocycles. The Morgan fingerprint density at radius 3 is 2.68 bits per heavy atom. The predicted molar refractivity (Wildman–Crippen MR) is 103 cm³/mol. The van der Waals surface area contributed by atoms with Crippen LogP contribution in [-0.4, -0.2) is 32.3 Å². The molecule has 3 N–H and O–H groups in total. The molecule has 0 aliphatic carbocycles. The van der Waals surface area contributed by atoms with Gasteiger partial charge in [0.2, 0.25) is 0 Å². The Balaban J connectivity index is 1.67. The Kier molecular flexibility index (Phi) is 5.08. The Morgan fingerprint density at radius 2 is 2.03 bits per heavy atom. The number of rotatable bonds is 4. The molecule has 0 aromatic carbocycles. The molecule has 4 rings (SSSR count). The van der Waals surface area contributed by atoms with E-state index in [0.717, 1.165) is 11.1 Å². The smallest absolute Gasteiger partial charge is 0.383 e. The summed E-state index contributed by atoms with van der Waals surface area (Å²) in [6, 6.07) is 1.02. The maximum Gasteiger partial charge on any atom is 0.417 e. The molecule has 0 bridgehead atoms. The lowest BCUT2D eigenvalue weighted by molar-refractivity contribution is -0.138. The molecule has 1 aliphatic heterocycles. The normalized spacial score (nSPS) is 14.6. The molecule has 3 aromatic heterocycles. The second-order valence-corrected chi connectivity index (χ2v) is 7.25. The third-order valence-corrected chi connectivity index (χ3v) is 5.40. The molecular formula is C20H19F4N5O2. The number of hydrogen-bond acceptors (Lipinski definition) is 5. The van der Waals surface area contributed by atoms with Gasteiger partial charge in [-0.1, -0.05) is 0 Å². The molecule has 0 saturated heterocycles. The summed E-state index contributed by atoms with van der Waals surface area (Å²) in [6.07, 6.45) is -4.15. The molecule has 1 atom stereocenters. The number of alkyl halides is 3. The Hall–Kier alpha value is -3.21. The molecule has 1 amide bonds. The number of anilines is 1. The minimum atomic E-state index is -4.71. The van der Waals surface area contributed by atoms with Gasteiger partial charge in [0, 0.05) is 23.9 Å². The van der Waals surface area contributed by atoms with Gasteiger partial charge in [-0.15, -0.1) is 0 Å². The van der Waals surface area contributed by atoms with Crippen LogP contribution in [0, 0.1) is 5.82 Å². The summed E-state index contributed by atoms with van der Waals surface area (Å²) in [5.41, 5.74) is 7.44. The number of ether oxygens (including phenoxy) is 1. The number of aromatic nitrogens is 3. The molecule has 164 valence electrons. The monoisotopic (exact) mass is 437 g/mol. The van der Waals surface area contributed by atoms with Crippen molar-refractivity contribution in [2.75, 3.05) is 12.3 Å². The van der Waals surface area contributed by atoms with Gasteiger partial charge in [-0.25, -0.2) is 9.37 Å². The standard InChI is InChI=1S/C20H19F4N5O2/c1-3-29(9(2)16-13(21)4-10(6-26-16)20(22,23)24)19(30)15-5-14-17(27-15)11-7-31-8-12(11)18(25)28-14/h4-6,9,27H,3,7-8H2,1-2H3,(H2,25,28)/t9-/m0/s1. The van der Waals surface area contributed by atoms with Crippen LogP contribution >= 0.6 is 0 Å². The highest BCUT2D eigenvalue weighted by Crippen LogP contribution is 2.33. The summed E-state index contributed by atoms with van der Waals surface area (Å²) in [4.78, 5) is 25.5. The molecule has 0 unspecified atom stereocenters. The topological polar surface area (TPSA) is 97.1 Å². The number of amides is 1. The zero-order valence-electron chi connectivity index (χ0n) is 16.7. The number of nitrogen functional groups attached to an aromatic ring is 1. The summed E-state index contributed by atoms with van der Waals surface area (Å²) in [5, 5.41) is 0. The van der Waals surface area contributed by atoms with Crippen LogP contribution in [0.15, 0.2) is 18.3 Å². The largest absolute Gasteiger partial charge is 0.417 e. The zero-order valence-corrected chi connectivity index (χ0v) is 16.7. The number of halogens is 4. The molecule has 0 radical (unpaired) electrons. The number of H-pyrrole nitrogens is 1. The Labute approximate surface area is 174 Å². The van der Waals surface area contributed by atoms with Crippen molar-refractivity contribution in [3.05, 3.63) is 52.2 Å². The minimum absolute atomic E-state index is 0.175. The summed E-state index contributed by atoms with van der Waals surface area (Å²) in [6.45, 7) is 4.03. The number of pyridine rings is 2. The number of nitrogens with one attached hydrogen (secondary N) is 1. The van der Waals surface area contributed by atoms with E-state index in [4.69, 9.17) is 10.5 Å². The maximum atomic E-state index is 14.4. The number of nitrogens with zero attached hydrogens (tertiary/aromatic N) is 3. The van der Waals surface area contributed by atoms with Crippen LogP contribution in [0.25, 0.3) is 11.0 Å². The van der Waals surface area contributed by atoms with Gasteiger partial charge in [-0.2, -0.15) is 13.2 Å². The van der Waals surface area contributed by atoms with Gasteiger partial charge in [-0.3, -0.25) is 9.78 Å². The molecule has 11 heteroatoms. The fraction of sp³-hybridized carbons (Fsp3) is 0.350. The Bertz CT molecular complexity index is 1170. The minimum Gasteiger partial charge on any atom is -0.383 e. The van der Waals surface area contributed by atoms with Crippen LogP contribution in [0.3, 0.4) is 0 Å². The lowest BCUT2D eigenvalue weighted by Gasteiger charge is -2.27. The van der Waals surface area contributed by atoms with Gasteiger partial charge in [0.1, 0.15) is 17.3 Å². The number of carbonyl (C=O) groups excluding carboxylic acids is 1. The quantitative estimate of drug-likeness (QED) is 0.603. The van der Waals surface area contributed by atoms with Crippen molar-refractivity contribution in [2.24, 2.45) is 0 Å². The fourth-order valence-corrected chi connectivity index (χ4v) is 3.76. The van der Waals surface area contributed by atoms with Crippen LogP contribution in [0.4, 0.5) is 23.4 Å². The molecule has 3 aromatic rings. The number of fused-ring (bicyclic) bond motifs is 3. The van der Waals surface area contributed by atoms with E-state index in [2.05, 4.69) is 15.0 Å². The first-order valence-electron chi connectivity index (χ1n) is 9.53. The van der Waals surface area contributed by atoms with E-state index >= 15 is 0 Å². The highest BCUT2D eigenvalue weighted by molar-refractivity contribution is 5.98. The number of aromatic amines is 1. The summed E-state index contributed by atoms with van der Waals surface area (Å²) < 4.78 is 58.2. The lowest BCUT2D eigenvalue weighted by Crippen LogP contribution is -2.34. The van der Waals surface area contributed by atoms with E-state index < -0.39 is 29.5 Å². The molecule has 0 fully saturated rings. The van der Waals surface area contributed by atoms with E-state index in [1.165, 1.54) is 11.8 Å². The van der Waals surface area contributed by atoms with Crippen molar-refractivity contribution in [1.82, 2.24) is 19.9 Å². The first-order chi connectivity index (χ1) is 14.6. The first kappa shape index (κ1) is 21.0. The van der Waals surface area contributed by atoms with Crippen LogP contribution in [-0.2, 0) is 24.1 Å². The van der Waals surface area contributed by atoms with Crippen LogP contribution in [0.1, 0.15) is 52.8 Å². The molecule has 1 aliphatic rings. The molecule has 31 heavy (non-hydrogen) atoms. The third-order valence-electron chi connectivity index (χ3n) is 5.40. The summed E-state index contributed by atoms with van der Waals surface area (Å²) >= 11 is 0. The van der Waals surface area contributed by atoms with Gasteiger partial charge in [0.15, 0.2) is 0 Å². The third kappa shape index (κ3) is 3.58. The zero-order chi connectivity index (χ0) is 22.5. The Morgan fingerprint density at radius 1 is 1.32 bits per heavy atom. The van der Waals surface area contributed by atoms with Gasteiger partial charge < -0.3 is 20.4 Å². The van der Waals surface area contributed by atoms with E-state index in [1.807, 2.05) is 0 Å². The number of carbonyl (C=O) groups is 1. The maximum absolute atomic E-state index is 14.4. The average Bonchev–Trinajstić information content (AvgIpc) is 3.34. The van der Waals surface area contributed by atoms with E-state index in [-0.39, 0.29) is 17.9 Å². The molecule has 7 nitrogen and oxygen atoms in total. The van der Waals surface area contributed by atoms with Crippen molar-refractivity contribution in [2.45, 2.75) is 39.3 Å². The summed E-state index contributed by atoms with van der Waals surface area (Å²) in [5.74, 6) is -1.27. The second kappa shape index (κ2) is 7.49. The van der Waals surface area contributed by atoms with Crippen LogP contribution < -0.4 is 5.73 Å². The van der Waals surface area contributed by atoms with Crippen molar-refractivity contribution >= 4 is 22.8 Å². The molecule has 0 saturated carbocycles. The van der Waals surface area contributed by atoms with Gasteiger partial charge in [-0.05, 0) is 26.0 Å². The first-order valence-corrected chi connectivity index (χ1v) is 9.53. The highest BCUT2D eigenvalue weighted by atomic mass is 19.4. The number of nitrogens with two attached hydrogens (primary N) is 1. The van der Waals surface area contributed by atoms with Crippen LogP contribution in [0.5, 0.6) is 0 Å². The van der Waals surface area contributed by atoms with Crippen molar-refractivity contribution in [3.8, 4) is 0 Å². The highest BCUT2D eigenvalue weighted by Gasteiger charge is 2.33. The van der Waals surface area contributed by atoms with Crippen molar-refractivity contribution in [3.63, 3.8) is 0 Å². The van der Waals surface area contributed by atoms with Gasteiger partial charge in [0.05, 0.1) is 41.5 Å². The SMILES string of the molecule is CCN(C(=O)c1cc2nc(N)c3c(c2[nH]1)COC3)[C@@H](C)c1ncc(C(F)(F)F)cc1F. The average molecular weight is 437 g/mol. The van der Waals surface area contributed by atoms with E-state index in [1.54, 1.807) is 13.0 Å². The molecule has 0 spiro atoms. The second-order valence-electron chi connectivity index (χ2n) is 7.25. The van der Waals surface area contributed by atoms with E-state index in [9.17, 15) is 22.4 Å². The number of hydrogen-bond donors (Lipinski definition) is 2. The molecular weight excluding hydrogens is 418 g/mol. The van der Waals surface area contributed by atoms with E-state index in [0.29, 0.717) is 42.3 Å². The van der Waals surface area contributed by atoms with Crippen LogP contribution in [0.2, 0.25) is 0 Å². The van der Waals surface area contributed by atoms with Gasteiger partial charge in [0.25, 0.3) is 5.91 Å². The lowest BCUT2D eigenvalue weighted by atomic mass is 10.1. The summed E-state index contributed by atoms with van der Waals surface area (Å²) in [7, 11) is 0. The van der Waals surface area contributed by atoms with Gasteiger partial charge >= 0.3 is 6.18 Å². The fourth-order valence-electron chi connectivity index (χ4n) is 3.76.